The maximum Gasteiger partial charge on any atom is 0.341 e. The second-order valence-electron chi connectivity index (χ2n) is 4.25. The lowest BCUT2D eigenvalue weighted by molar-refractivity contribution is 0.0528. The largest absolute Gasteiger partial charge is 0.462 e. The fraction of sp³-hybridized carbons (Fsp3) is 0.214. The molecule has 2 aromatic rings. The van der Waals surface area contributed by atoms with Gasteiger partial charge in [-0.25, -0.2) is 13.2 Å². The summed E-state index contributed by atoms with van der Waals surface area (Å²) in [5.74, 6) is -0.541. The minimum atomic E-state index is -3.73. The van der Waals surface area contributed by atoms with Crippen molar-refractivity contribution >= 4 is 32.3 Å². The predicted molar refractivity (Wildman–Crippen MR) is 82.3 cm³/mol. The summed E-state index contributed by atoms with van der Waals surface area (Å²) < 4.78 is 32.1. The normalized spacial score (nSPS) is 11.1. The molecule has 112 valence electrons. The van der Waals surface area contributed by atoms with Crippen molar-refractivity contribution in [3.05, 3.63) is 46.8 Å². The number of carbonyl (C=O) groups is 1. The van der Waals surface area contributed by atoms with Crippen LogP contribution < -0.4 is 4.72 Å². The first kappa shape index (κ1) is 15.5. The molecule has 0 aliphatic rings. The molecule has 2 rings (SSSR count). The third-order valence-corrected chi connectivity index (χ3v) is 5.24. The molecule has 0 saturated heterocycles. The molecule has 1 aromatic heterocycles. The van der Waals surface area contributed by atoms with Gasteiger partial charge in [0.2, 0.25) is 0 Å². The molecule has 0 saturated carbocycles. The Hall–Kier alpha value is -1.86. The summed E-state index contributed by atoms with van der Waals surface area (Å²) in [5.41, 5.74) is 0.859. The molecule has 0 radical (unpaired) electrons. The van der Waals surface area contributed by atoms with E-state index in [1.807, 2.05) is 0 Å². The SMILES string of the molecule is CCOC(=O)c1ccsc1NS(=O)(=O)c1ccccc1C. The maximum absolute atomic E-state index is 12.4. The number of aryl methyl sites for hydroxylation is 1. The van der Waals surface area contributed by atoms with Crippen molar-refractivity contribution in [1.82, 2.24) is 0 Å². The quantitative estimate of drug-likeness (QED) is 0.858. The first-order chi connectivity index (χ1) is 9.95. The van der Waals surface area contributed by atoms with Crippen molar-refractivity contribution in [2.75, 3.05) is 11.3 Å². The maximum atomic E-state index is 12.4. The third kappa shape index (κ3) is 3.43. The van der Waals surface area contributed by atoms with Gasteiger partial charge in [0.15, 0.2) is 0 Å². The average Bonchev–Trinajstić information content (AvgIpc) is 2.86. The molecule has 5 nitrogen and oxygen atoms in total. The van der Waals surface area contributed by atoms with E-state index in [1.54, 1.807) is 43.5 Å². The molecule has 0 unspecified atom stereocenters. The highest BCUT2D eigenvalue weighted by Gasteiger charge is 2.21. The number of anilines is 1. The van der Waals surface area contributed by atoms with Crippen LogP contribution in [0.2, 0.25) is 0 Å². The Bertz CT molecular complexity index is 750. The van der Waals surface area contributed by atoms with Crippen molar-refractivity contribution < 1.29 is 17.9 Å². The van der Waals surface area contributed by atoms with Gasteiger partial charge in [-0.1, -0.05) is 18.2 Å². The molecule has 0 spiro atoms. The zero-order chi connectivity index (χ0) is 15.5. The summed E-state index contributed by atoms with van der Waals surface area (Å²) in [6.45, 7) is 3.65. The highest BCUT2D eigenvalue weighted by atomic mass is 32.2. The van der Waals surface area contributed by atoms with Crippen molar-refractivity contribution in [1.29, 1.82) is 0 Å². The topological polar surface area (TPSA) is 72.5 Å². The van der Waals surface area contributed by atoms with E-state index >= 15 is 0 Å². The summed E-state index contributed by atoms with van der Waals surface area (Å²) in [7, 11) is -3.73. The van der Waals surface area contributed by atoms with E-state index < -0.39 is 16.0 Å². The van der Waals surface area contributed by atoms with Crippen LogP contribution in [-0.4, -0.2) is 21.0 Å². The number of benzene rings is 1. The molecule has 0 amide bonds. The van der Waals surface area contributed by atoms with Crippen LogP contribution in [0.3, 0.4) is 0 Å². The van der Waals surface area contributed by atoms with Crippen LogP contribution in [0.1, 0.15) is 22.8 Å². The molecule has 0 fully saturated rings. The van der Waals surface area contributed by atoms with Gasteiger partial charge in [0.1, 0.15) is 5.00 Å². The van der Waals surface area contributed by atoms with E-state index in [0.29, 0.717) is 5.56 Å². The minimum Gasteiger partial charge on any atom is -0.462 e. The van der Waals surface area contributed by atoms with Crippen molar-refractivity contribution in [3.8, 4) is 0 Å². The van der Waals surface area contributed by atoms with Crippen LogP contribution in [0.4, 0.5) is 5.00 Å². The molecule has 21 heavy (non-hydrogen) atoms. The van der Waals surface area contributed by atoms with Crippen molar-refractivity contribution in [2.45, 2.75) is 18.7 Å². The summed E-state index contributed by atoms with van der Waals surface area (Å²) in [5, 5.41) is 1.90. The van der Waals surface area contributed by atoms with E-state index in [2.05, 4.69) is 4.72 Å². The van der Waals surface area contributed by atoms with Gasteiger partial charge in [0.05, 0.1) is 17.1 Å². The second-order valence-corrected chi connectivity index (χ2v) is 6.82. The zero-order valence-corrected chi connectivity index (χ0v) is 13.3. The number of nitrogens with one attached hydrogen (secondary N) is 1. The summed E-state index contributed by atoms with van der Waals surface area (Å²) in [6, 6.07) is 8.20. The zero-order valence-electron chi connectivity index (χ0n) is 11.6. The Morgan fingerprint density at radius 1 is 1.29 bits per heavy atom. The average molecular weight is 325 g/mol. The number of ether oxygens (including phenoxy) is 1. The Labute approximate surface area is 127 Å². The molecule has 0 aliphatic carbocycles. The second kappa shape index (κ2) is 6.28. The van der Waals surface area contributed by atoms with Gasteiger partial charge in [-0.15, -0.1) is 11.3 Å². The van der Waals surface area contributed by atoms with Crippen LogP contribution in [0.25, 0.3) is 0 Å². The summed E-state index contributed by atoms with van der Waals surface area (Å²) >= 11 is 1.14. The van der Waals surface area contributed by atoms with E-state index in [0.717, 1.165) is 11.3 Å². The van der Waals surface area contributed by atoms with Gasteiger partial charge >= 0.3 is 5.97 Å². The lowest BCUT2D eigenvalue weighted by Gasteiger charge is -2.10. The highest BCUT2D eigenvalue weighted by Crippen LogP contribution is 2.27. The van der Waals surface area contributed by atoms with E-state index in [9.17, 15) is 13.2 Å². The van der Waals surface area contributed by atoms with Crippen LogP contribution in [-0.2, 0) is 14.8 Å². The number of carbonyl (C=O) groups excluding carboxylic acids is 1. The Balaban J connectivity index is 2.33. The lowest BCUT2D eigenvalue weighted by Crippen LogP contribution is -2.15. The lowest BCUT2D eigenvalue weighted by atomic mass is 10.2. The summed E-state index contributed by atoms with van der Waals surface area (Å²) in [4.78, 5) is 12.0. The van der Waals surface area contributed by atoms with E-state index in [-0.39, 0.29) is 22.1 Å². The molecular weight excluding hydrogens is 310 g/mol. The standard InChI is InChI=1S/C14H15NO4S2/c1-3-19-14(16)11-8-9-20-13(11)15-21(17,18)12-7-5-4-6-10(12)2/h4-9,15H,3H2,1-2H3. The first-order valence-electron chi connectivity index (χ1n) is 6.28. The van der Waals surface area contributed by atoms with E-state index in [4.69, 9.17) is 4.74 Å². The van der Waals surface area contributed by atoms with Gasteiger partial charge in [-0.3, -0.25) is 4.72 Å². The fourth-order valence-electron chi connectivity index (χ4n) is 1.79. The molecule has 0 atom stereocenters. The fourth-order valence-corrected chi connectivity index (χ4v) is 4.15. The van der Waals surface area contributed by atoms with Gasteiger partial charge in [-0.05, 0) is 36.9 Å². The van der Waals surface area contributed by atoms with Gasteiger partial charge < -0.3 is 4.74 Å². The van der Waals surface area contributed by atoms with Crippen molar-refractivity contribution in [3.63, 3.8) is 0 Å². The van der Waals surface area contributed by atoms with Crippen LogP contribution >= 0.6 is 11.3 Å². The van der Waals surface area contributed by atoms with Gasteiger partial charge in [-0.2, -0.15) is 0 Å². The van der Waals surface area contributed by atoms with Crippen LogP contribution in [0.5, 0.6) is 0 Å². The van der Waals surface area contributed by atoms with E-state index in [1.165, 1.54) is 6.07 Å². The van der Waals surface area contributed by atoms with Gasteiger partial charge in [0, 0.05) is 0 Å². The smallest absolute Gasteiger partial charge is 0.341 e. The molecule has 1 aromatic carbocycles. The van der Waals surface area contributed by atoms with Crippen LogP contribution in [0.15, 0.2) is 40.6 Å². The number of rotatable bonds is 5. The molecule has 0 bridgehead atoms. The Kier molecular flexibility index (Phi) is 4.64. The third-order valence-electron chi connectivity index (χ3n) is 2.77. The van der Waals surface area contributed by atoms with Gasteiger partial charge in [0.25, 0.3) is 10.0 Å². The molecule has 7 heteroatoms. The first-order valence-corrected chi connectivity index (χ1v) is 8.65. The number of thiophene rings is 1. The molecule has 1 heterocycles. The minimum absolute atomic E-state index is 0.188. The predicted octanol–water partition coefficient (Wildman–Crippen LogP) is 3.03. The highest BCUT2D eigenvalue weighted by molar-refractivity contribution is 7.93. The number of sulfonamides is 1. The van der Waals surface area contributed by atoms with Crippen molar-refractivity contribution in [2.24, 2.45) is 0 Å². The Morgan fingerprint density at radius 2 is 2.00 bits per heavy atom. The monoisotopic (exact) mass is 325 g/mol. The number of esters is 1. The Morgan fingerprint density at radius 3 is 2.67 bits per heavy atom. The molecular formula is C14H15NO4S2. The summed E-state index contributed by atoms with van der Waals surface area (Å²) in [6.07, 6.45) is 0. The molecule has 0 aliphatic heterocycles. The number of hydrogen-bond donors (Lipinski definition) is 1. The molecule has 1 N–H and O–H groups in total. The number of hydrogen-bond acceptors (Lipinski definition) is 5. The van der Waals surface area contributed by atoms with Crippen LogP contribution in [0, 0.1) is 6.92 Å².